The van der Waals surface area contributed by atoms with Gasteiger partial charge >= 0.3 is 0 Å². The van der Waals surface area contributed by atoms with Gasteiger partial charge in [-0.3, -0.25) is 0 Å². The van der Waals surface area contributed by atoms with Gasteiger partial charge in [-0.05, 0) is 314 Å². The summed E-state index contributed by atoms with van der Waals surface area (Å²) in [5.74, 6) is 0. The summed E-state index contributed by atoms with van der Waals surface area (Å²) >= 11 is 0. The van der Waals surface area contributed by atoms with Crippen LogP contribution in [0, 0.1) is 41.5 Å². The van der Waals surface area contributed by atoms with E-state index < -0.39 is 0 Å². The van der Waals surface area contributed by atoms with Crippen LogP contribution >= 0.6 is 0 Å². The molecular weight excluding hydrogens is 1740 g/mol. The van der Waals surface area contributed by atoms with Crippen LogP contribution in [0.3, 0.4) is 0 Å². The molecule has 0 radical (unpaired) electrons. The molecule has 0 unspecified atom stereocenters. The summed E-state index contributed by atoms with van der Waals surface area (Å²) in [6, 6.07) is 173. The molecule has 144 heavy (non-hydrogen) atoms. The van der Waals surface area contributed by atoms with Gasteiger partial charge in [-0.2, -0.15) is 0 Å². The summed E-state index contributed by atoms with van der Waals surface area (Å²) in [6.45, 7) is 36.3. The van der Waals surface area contributed by atoms with Gasteiger partial charge in [-0.15, -0.1) is 0 Å². The molecule has 3 nitrogen and oxygen atoms in total. The van der Waals surface area contributed by atoms with Crippen molar-refractivity contribution in [1.82, 2.24) is 0 Å². The first kappa shape index (κ1) is 95.3. The Morgan fingerprint density at radius 3 is 0.701 bits per heavy atom. The number of rotatable bonds is 12. The molecule has 20 aromatic carbocycles. The van der Waals surface area contributed by atoms with E-state index in [-0.39, 0.29) is 27.1 Å². The number of hydrogen-bond donors (Lipinski definition) is 0. The van der Waals surface area contributed by atoms with Crippen LogP contribution in [0.1, 0.15) is 158 Å². The van der Waals surface area contributed by atoms with Gasteiger partial charge in [0, 0.05) is 78.3 Å². The van der Waals surface area contributed by atoms with Crippen LogP contribution in [-0.2, 0) is 27.1 Å². The number of aryl methyl sites for hydroxylation is 6. The maximum atomic E-state index is 2.48. The van der Waals surface area contributed by atoms with Crippen molar-refractivity contribution in [1.29, 1.82) is 0 Å². The maximum absolute atomic E-state index is 2.48. The van der Waals surface area contributed by atoms with Crippen molar-refractivity contribution in [3.8, 4) is 89.0 Å². The van der Waals surface area contributed by atoms with E-state index in [0.29, 0.717) is 0 Å². The molecule has 0 aromatic heterocycles. The molecule has 0 saturated heterocycles. The van der Waals surface area contributed by atoms with Crippen molar-refractivity contribution in [2.24, 2.45) is 0 Å². The molecular formula is C141H127N3. The van der Waals surface area contributed by atoms with Crippen LogP contribution < -0.4 is 14.7 Å². The highest BCUT2D eigenvalue weighted by molar-refractivity contribution is 5.92. The molecule has 0 heterocycles. The van der Waals surface area contributed by atoms with Crippen LogP contribution in [0.5, 0.6) is 0 Å². The molecule has 3 heteroatoms. The lowest BCUT2D eigenvalue weighted by Crippen LogP contribution is -2.17. The lowest BCUT2D eigenvalue weighted by Gasteiger charge is -2.28. The monoisotopic (exact) mass is 1860 g/mol. The van der Waals surface area contributed by atoms with Crippen LogP contribution in [0.2, 0.25) is 0 Å². The Bertz CT molecular complexity index is 7930. The predicted octanol–water partition coefficient (Wildman–Crippen LogP) is 38.9. The quantitative estimate of drug-likeness (QED) is 0.121. The second-order valence-corrected chi connectivity index (χ2v) is 42.1. The minimum Gasteiger partial charge on any atom is -0.311 e. The molecule has 0 N–H and O–H groups in total. The van der Waals surface area contributed by atoms with Gasteiger partial charge in [0.1, 0.15) is 0 Å². The zero-order valence-corrected chi connectivity index (χ0v) is 86.0. The van der Waals surface area contributed by atoms with Gasteiger partial charge in [-0.1, -0.05) is 454 Å². The number of benzene rings is 20. The maximum Gasteiger partial charge on any atom is 0.0465 e. The Kier molecular flexibility index (Phi) is 26.3. The van der Waals surface area contributed by atoms with Gasteiger partial charge in [0.25, 0.3) is 0 Å². The Balaban J connectivity index is 0.000000106. The molecule has 0 saturated carbocycles. The van der Waals surface area contributed by atoms with E-state index in [1.54, 1.807) is 0 Å². The summed E-state index contributed by atoms with van der Waals surface area (Å²) < 4.78 is 0. The number of para-hydroxylation sites is 5. The normalized spacial score (nSPS) is 13.6. The van der Waals surface area contributed by atoms with Gasteiger partial charge in [-0.25, -0.2) is 0 Å². The molecule has 0 atom stereocenters. The molecule has 706 valence electrons. The predicted molar refractivity (Wildman–Crippen MR) is 615 cm³/mol. The first-order valence-corrected chi connectivity index (χ1v) is 50.9. The first-order valence-electron chi connectivity index (χ1n) is 50.9. The SMILES string of the molecule is Cc1ccc(-c2ccc(N(c3ccccc3)c3ccccc3)cc2)cc1.Cc1ccc(N(c2ccccc2)c2ccc3c(c2)C(C)(C)c2ccccc2-3)cc1.Cc1ccc2c(c1)C(C)(C)c1cc3c(cc1-2)C(C)(C)c1ccccc1-3.Cc1ccc2c(c1)C(C)(C)c1ccc(-c3ccccc3)cc1-2.Cc1ccc2c(c1)C(C)(C)c1ccccc1-2.Cc1cccc(-c2ccc(N(c3ccccc3)c3ccccc3)cc2)c1. The first-order chi connectivity index (χ1) is 69.7. The summed E-state index contributed by atoms with van der Waals surface area (Å²) in [4.78, 5) is 6.90. The van der Waals surface area contributed by atoms with Crippen LogP contribution in [0.4, 0.5) is 51.2 Å². The number of nitrogens with zero attached hydrogens (tertiary/aromatic N) is 3. The molecule has 0 amide bonds. The largest absolute Gasteiger partial charge is 0.311 e. The van der Waals surface area contributed by atoms with Gasteiger partial charge < -0.3 is 14.7 Å². The minimum absolute atomic E-state index is 0.00241. The fourth-order valence-corrected chi connectivity index (χ4v) is 22.5. The average molecular weight is 1860 g/mol. The summed E-state index contributed by atoms with van der Waals surface area (Å²) in [5.41, 5.74) is 54.7. The Labute approximate surface area is 854 Å². The molecule has 5 aliphatic carbocycles. The summed E-state index contributed by atoms with van der Waals surface area (Å²) in [6.07, 6.45) is 0. The highest BCUT2D eigenvalue weighted by atomic mass is 15.2. The second kappa shape index (κ2) is 39.7. The fraction of sp³-hybridized carbons (Fsp3) is 0.149. The van der Waals surface area contributed by atoms with E-state index in [4.69, 9.17) is 0 Å². The van der Waals surface area contributed by atoms with Crippen molar-refractivity contribution in [3.05, 3.63) is 568 Å². The van der Waals surface area contributed by atoms with Gasteiger partial charge in [0.05, 0.1) is 0 Å². The third kappa shape index (κ3) is 18.7. The zero-order valence-electron chi connectivity index (χ0n) is 86.0. The van der Waals surface area contributed by atoms with Crippen molar-refractivity contribution < 1.29 is 0 Å². The van der Waals surface area contributed by atoms with Crippen LogP contribution in [-0.4, -0.2) is 0 Å². The van der Waals surface area contributed by atoms with E-state index in [2.05, 4.69) is 580 Å². The van der Waals surface area contributed by atoms with E-state index in [0.717, 1.165) is 34.1 Å². The third-order valence-electron chi connectivity index (χ3n) is 30.4. The molecule has 0 aliphatic heterocycles. The van der Waals surface area contributed by atoms with Crippen molar-refractivity contribution >= 4 is 51.2 Å². The number of anilines is 9. The minimum atomic E-state index is -0.00241. The van der Waals surface area contributed by atoms with Crippen molar-refractivity contribution in [2.75, 3.05) is 14.7 Å². The van der Waals surface area contributed by atoms with Gasteiger partial charge in [0.2, 0.25) is 0 Å². The van der Waals surface area contributed by atoms with Crippen molar-refractivity contribution in [3.63, 3.8) is 0 Å². The molecule has 0 bridgehead atoms. The average Bonchev–Trinajstić information content (AvgIpc) is 1.54. The number of hydrogen-bond acceptors (Lipinski definition) is 3. The van der Waals surface area contributed by atoms with E-state index in [1.807, 2.05) is 24.3 Å². The molecule has 20 aromatic rings. The van der Waals surface area contributed by atoms with E-state index in [9.17, 15) is 0 Å². The van der Waals surface area contributed by atoms with E-state index >= 15 is 0 Å². The molecule has 0 spiro atoms. The Hall–Kier alpha value is -16.2. The van der Waals surface area contributed by atoms with Crippen LogP contribution in [0.15, 0.2) is 479 Å². The Morgan fingerprint density at radius 1 is 0.118 bits per heavy atom. The second-order valence-electron chi connectivity index (χ2n) is 42.1. The highest BCUT2D eigenvalue weighted by Gasteiger charge is 2.43. The number of fused-ring (bicyclic) bond motifs is 15. The highest BCUT2D eigenvalue weighted by Crippen LogP contribution is 2.58. The summed E-state index contributed by atoms with van der Waals surface area (Å²) in [7, 11) is 0. The third-order valence-corrected chi connectivity index (χ3v) is 30.4. The molecule has 5 aliphatic rings. The van der Waals surface area contributed by atoms with E-state index in [1.165, 1.54) is 195 Å². The van der Waals surface area contributed by atoms with Crippen molar-refractivity contribution in [2.45, 2.75) is 138 Å². The molecule has 25 rings (SSSR count). The fourth-order valence-electron chi connectivity index (χ4n) is 22.5. The topological polar surface area (TPSA) is 9.72 Å². The lowest BCUT2D eigenvalue weighted by molar-refractivity contribution is 0.651. The molecule has 0 fully saturated rings. The standard InChI is InChI=1S/C28H25N.2C25H21N.C25H24.C22H20.C16H16/c1-20-13-15-22(16-14-20)29(21-9-5-4-6-10-21)23-17-18-25-24-11-7-8-12-26(24)28(2,3)27(25)19-23;1-20-9-8-10-22(19-20)21-15-17-25(18-16-21)26(23-11-4-2-5-12-23)24-13-6-3-7-14-24;1-20-12-14-21(15-13-20)22-16-18-25(19-17-22)26(23-8-4-2-5-9-23)24-10-6-3-7-11-24;1-15-10-11-17-19-14-22-18(13-23(19)25(4,5)21(17)12-15)16-8-6-7-9-20(16)24(22,2)3;1-15-9-11-18-19-14-17(16-7-5-4-6-8-16)10-12-20(19)22(2,3)21(18)13-15;1-11-8-9-13-12-6-4-5-7-14(12)16(2,3)15(13)10-11/h4-19H,1-3H3;2*2-19H,1H3;6-14H,1-5H3;4-14H,1-3H3;4-10H,1-3H3. The smallest absolute Gasteiger partial charge is 0.0465 e. The van der Waals surface area contributed by atoms with Gasteiger partial charge in [0.15, 0.2) is 0 Å². The zero-order chi connectivity index (χ0) is 99.8. The lowest BCUT2D eigenvalue weighted by atomic mass is 9.79. The Morgan fingerprint density at radius 2 is 0.326 bits per heavy atom. The van der Waals surface area contributed by atoms with Crippen LogP contribution in [0.25, 0.3) is 89.0 Å². The summed E-state index contributed by atoms with van der Waals surface area (Å²) in [5, 5.41) is 0.